The van der Waals surface area contributed by atoms with Crippen molar-refractivity contribution in [2.75, 3.05) is 19.6 Å². The smallest absolute Gasteiger partial charge is 0.106 e. The fourth-order valence-electron chi connectivity index (χ4n) is 2.77. The highest BCUT2D eigenvalue weighted by Crippen LogP contribution is 2.18. The van der Waals surface area contributed by atoms with Crippen LogP contribution in [0.5, 0.6) is 0 Å². The molecular weight excluding hydrogens is 258 g/mol. The summed E-state index contributed by atoms with van der Waals surface area (Å²) in [4.78, 5) is 2.58. The van der Waals surface area contributed by atoms with Crippen LogP contribution in [0.4, 0.5) is 0 Å². The highest BCUT2D eigenvalue weighted by Gasteiger charge is 2.27. The lowest BCUT2D eigenvalue weighted by molar-refractivity contribution is 0.242. The second kappa shape index (κ2) is 12.0. The van der Waals surface area contributed by atoms with Gasteiger partial charge in [0, 0.05) is 6.04 Å². The van der Waals surface area contributed by atoms with E-state index in [1.165, 1.54) is 38.8 Å². The van der Waals surface area contributed by atoms with E-state index in [9.17, 15) is 5.26 Å². The summed E-state index contributed by atoms with van der Waals surface area (Å²) in [7, 11) is 0. The number of nitrogens with one attached hydrogen (secondary N) is 1. The molecule has 3 nitrogen and oxygen atoms in total. The fourth-order valence-corrected chi connectivity index (χ4v) is 2.77. The maximum Gasteiger partial charge on any atom is 0.106 e. The zero-order valence-electron chi connectivity index (χ0n) is 15.0. The van der Waals surface area contributed by atoms with Crippen molar-refractivity contribution in [2.24, 2.45) is 0 Å². The van der Waals surface area contributed by atoms with Crippen molar-refractivity contribution in [3.63, 3.8) is 0 Å². The number of nitriles is 1. The Labute approximate surface area is 133 Å². The minimum Gasteiger partial charge on any atom is -0.303 e. The monoisotopic (exact) mass is 295 g/mol. The Balaban J connectivity index is 4.32. The van der Waals surface area contributed by atoms with E-state index in [0.29, 0.717) is 6.04 Å². The third kappa shape index (κ3) is 9.11. The van der Waals surface area contributed by atoms with Crippen molar-refractivity contribution in [1.82, 2.24) is 10.2 Å². The predicted octanol–water partition coefficient (Wildman–Crippen LogP) is 4.34. The largest absolute Gasteiger partial charge is 0.303 e. The Morgan fingerprint density at radius 1 is 1.00 bits per heavy atom. The highest BCUT2D eigenvalue weighted by molar-refractivity contribution is 5.06. The second-order valence-electron chi connectivity index (χ2n) is 6.50. The minimum atomic E-state index is -0.338. The molecule has 0 saturated heterocycles. The van der Waals surface area contributed by atoms with Crippen molar-refractivity contribution >= 4 is 0 Å². The van der Waals surface area contributed by atoms with Crippen LogP contribution in [0.2, 0.25) is 0 Å². The molecule has 0 aromatic carbocycles. The van der Waals surface area contributed by atoms with Gasteiger partial charge in [-0.25, -0.2) is 0 Å². The first kappa shape index (κ1) is 20.4. The van der Waals surface area contributed by atoms with Crippen molar-refractivity contribution in [3.05, 3.63) is 0 Å². The molecule has 0 rings (SSSR count). The van der Waals surface area contributed by atoms with Gasteiger partial charge in [0.2, 0.25) is 0 Å². The molecule has 3 heteroatoms. The molecular formula is C18H37N3. The molecule has 0 aliphatic heterocycles. The number of rotatable bonds is 13. The van der Waals surface area contributed by atoms with Gasteiger partial charge in [0.15, 0.2) is 0 Å². The molecule has 21 heavy (non-hydrogen) atoms. The lowest BCUT2D eigenvalue weighted by atomic mass is 9.91. The number of hydrogen-bond donors (Lipinski definition) is 1. The van der Waals surface area contributed by atoms with Gasteiger partial charge in [-0.05, 0) is 65.6 Å². The van der Waals surface area contributed by atoms with Gasteiger partial charge in [0.1, 0.15) is 5.54 Å². The molecule has 124 valence electrons. The van der Waals surface area contributed by atoms with Crippen LogP contribution >= 0.6 is 0 Å². The van der Waals surface area contributed by atoms with Gasteiger partial charge in [-0.2, -0.15) is 5.26 Å². The average Bonchev–Trinajstić information content (AvgIpc) is 2.47. The van der Waals surface area contributed by atoms with Gasteiger partial charge < -0.3 is 4.90 Å². The van der Waals surface area contributed by atoms with Crippen molar-refractivity contribution < 1.29 is 0 Å². The van der Waals surface area contributed by atoms with Crippen molar-refractivity contribution in [1.29, 1.82) is 5.26 Å². The molecule has 0 aliphatic carbocycles. The van der Waals surface area contributed by atoms with Crippen molar-refractivity contribution in [3.8, 4) is 6.07 Å². The van der Waals surface area contributed by atoms with Crippen LogP contribution in [0.3, 0.4) is 0 Å². The van der Waals surface area contributed by atoms with Gasteiger partial charge in [0.25, 0.3) is 0 Å². The lowest BCUT2D eigenvalue weighted by Gasteiger charge is -2.30. The van der Waals surface area contributed by atoms with Gasteiger partial charge >= 0.3 is 0 Å². The maximum atomic E-state index is 9.55. The Hall–Kier alpha value is -0.590. The van der Waals surface area contributed by atoms with Gasteiger partial charge in [0.05, 0.1) is 6.07 Å². The molecule has 0 heterocycles. The molecule has 1 atom stereocenters. The van der Waals surface area contributed by atoms with Crippen LogP contribution in [0.15, 0.2) is 0 Å². The number of nitrogens with zero attached hydrogens (tertiary/aromatic N) is 2. The Bertz CT molecular complexity index is 275. The minimum absolute atomic E-state index is 0.338. The molecule has 0 aromatic rings. The first-order chi connectivity index (χ1) is 10.0. The van der Waals surface area contributed by atoms with Gasteiger partial charge in [-0.1, -0.05) is 33.6 Å². The SMILES string of the molecule is CCCCN(CCCC)CCCC(C#N)(CC)NC(C)C. The van der Waals surface area contributed by atoms with Crippen LogP contribution in [0.1, 0.15) is 79.6 Å². The summed E-state index contributed by atoms with van der Waals surface area (Å²) in [6.45, 7) is 14.4. The summed E-state index contributed by atoms with van der Waals surface area (Å²) in [5.41, 5.74) is -0.338. The Kier molecular flexibility index (Phi) is 11.7. The predicted molar refractivity (Wildman–Crippen MR) is 92.4 cm³/mol. The number of hydrogen-bond acceptors (Lipinski definition) is 3. The lowest BCUT2D eigenvalue weighted by Crippen LogP contribution is -2.47. The van der Waals surface area contributed by atoms with Gasteiger partial charge in [-0.15, -0.1) is 0 Å². The zero-order chi connectivity index (χ0) is 16.1. The van der Waals surface area contributed by atoms with E-state index < -0.39 is 0 Å². The molecule has 0 spiro atoms. The standard InChI is InChI=1S/C18H37N3/c1-6-9-13-21(14-10-7-2)15-11-12-18(8-3,16-19)20-17(4)5/h17,20H,6-15H2,1-5H3. The normalized spacial score (nSPS) is 14.4. The van der Waals surface area contributed by atoms with Crippen LogP contribution in [-0.4, -0.2) is 36.1 Å². The highest BCUT2D eigenvalue weighted by atomic mass is 15.1. The van der Waals surface area contributed by atoms with E-state index in [1.807, 2.05) is 0 Å². The zero-order valence-corrected chi connectivity index (χ0v) is 15.0. The molecule has 0 amide bonds. The Morgan fingerprint density at radius 3 is 1.90 bits per heavy atom. The molecule has 0 bridgehead atoms. The average molecular weight is 296 g/mol. The van der Waals surface area contributed by atoms with Crippen LogP contribution < -0.4 is 5.32 Å². The summed E-state index contributed by atoms with van der Waals surface area (Å²) >= 11 is 0. The van der Waals surface area contributed by atoms with E-state index in [2.05, 4.69) is 50.9 Å². The molecule has 0 radical (unpaired) electrons. The van der Waals surface area contributed by atoms with Crippen LogP contribution in [-0.2, 0) is 0 Å². The van der Waals surface area contributed by atoms with E-state index in [0.717, 1.165) is 25.8 Å². The summed E-state index contributed by atoms with van der Waals surface area (Å²) in [6, 6.07) is 2.89. The van der Waals surface area contributed by atoms with E-state index in [-0.39, 0.29) is 5.54 Å². The second-order valence-corrected chi connectivity index (χ2v) is 6.50. The third-order valence-corrected chi connectivity index (χ3v) is 4.12. The van der Waals surface area contributed by atoms with Crippen LogP contribution in [0, 0.1) is 11.3 Å². The van der Waals surface area contributed by atoms with Gasteiger partial charge in [-0.3, -0.25) is 5.32 Å². The molecule has 0 saturated carbocycles. The number of unbranched alkanes of at least 4 members (excludes halogenated alkanes) is 2. The Morgan fingerprint density at radius 2 is 1.52 bits per heavy atom. The molecule has 0 aromatic heterocycles. The quantitative estimate of drug-likeness (QED) is 0.549. The first-order valence-corrected chi connectivity index (χ1v) is 8.94. The van der Waals surface area contributed by atoms with E-state index in [4.69, 9.17) is 0 Å². The molecule has 1 unspecified atom stereocenters. The summed E-state index contributed by atoms with van der Waals surface area (Å²) < 4.78 is 0. The van der Waals surface area contributed by atoms with Crippen molar-refractivity contribution in [2.45, 2.75) is 91.1 Å². The summed E-state index contributed by atoms with van der Waals surface area (Å²) in [6.07, 6.45) is 8.02. The maximum absolute atomic E-state index is 9.55. The summed E-state index contributed by atoms with van der Waals surface area (Å²) in [5, 5.41) is 13.0. The fraction of sp³-hybridized carbons (Fsp3) is 0.944. The van der Waals surface area contributed by atoms with E-state index in [1.54, 1.807) is 0 Å². The first-order valence-electron chi connectivity index (χ1n) is 8.94. The third-order valence-electron chi connectivity index (χ3n) is 4.12. The molecule has 0 fully saturated rings. The molecule has 1 N–H and O–H groups in total. The van der Waals surface area contributed by atoms with Crippen LogP contribution in [0.25, 0.3) is 0 Å². The molecule has 0 aliphatic rings. The summed E-state index contributed by atoms with van der Waals surface area (Å²) in [5.74, 6) is 0. The topological polar surface area (TPSA) is 39.1 Å². The van der Waals surface area contributed by atoms with E-state index >= 15 is 0 Å².